The lowest BCUT2D eigenvalue weighted by Crippen LogP contribution is -2.21. The summed E-state index contributed by atoms with van der Waals surface area (Å²) < 4.78 is 0. The molecule has 0 aliphatic carbocycles. The predicted molar refractivity (Wildman–Crippen MR) is 54.2 cm³/mol. The molecule has 0 spiro atoms. The highest BCUT2D eigenvalue weighted by Gasteiger charge is 2.47. The van der Waals surface area contributed by atoms with Gasteiger partial charge in [-0.05, 0) is 17.3 Å². The summed E-state index contributed by atoms with van der Waals surface area (Å²) in [6, 6.07) is 1.51. The molecule has 1 aliphatic heterocycles. The Morgan fingerprint density at radius 1 is 1.08 bits per heavy atom. The summed E-state index contributed by atoms with van der Waals surface area (Å²) in [6.07, 6.45) is 0. The molecule has 1 heterocycles. The molecule has 1 saturated heterocycles. The van der Waals surface area contributed by atoms with Crippen molar-refractivity contribution in [2.75, 3.05) is 0 Å². The largest absolute Gasteiger partial charge is 0.307 e. The van der Waals surface area contributed by atoms with Gasteiger partial charge >= 0.3 is 0 Å². The molecular weight excluding hydrogens is 146 g/mol. The van der Waals surface area contributed by atoms with Gasteiger partial charge in [0.15, 0.2) is 0 Å². The van der Waals surface area contributed by atoms with Crippen molar-refractivity contribution < 1.29 is 0 Å². The van der Waals surface area contributed by atoms with Crippen LogP contribution in [0, 0.1) is 17.3 Å². The Kier molecular flexibility index (Phi) is 2.53. The Balaban J connectivity index is 2.42. The van der Waals surface area contributed by atoms with Crippen molar-refractivity contribution in [3.63, 3.8) is 0 Å². The molecule has 0 radical (unpaired) electrons. The monoisotopic (exact) mass is 169 g/mol. The molecule has 3 unspecified atom stereocenters. The van der Waals surface area contributed by atoms with Gasteiger partial charge in [-0.3, -0.25) is 0 Å². The maximum atomic E-state index is 3.59. The first-order chi connectivity index (χ1) is 5.34. The fourth-order valence-corrected chi connectivity index (χ4v) is 1.81. The van der Waals surface area contributed by atoms with E-state index in [-0.39, 0.29) is 0 Å². The maximum absolute atomic E-state index is 3.59. The third-order valence-electron chi connectivity index (χ3n) is 3.17. The van der Waals surface area contributed by atoms with Crippen LogP contribution < -0.4 is 5.32 Å². The SMILES string of the molecule is CC(C)C(C)C1NC1C(C)(C)C. The third-order valence-corrected chi connectivity index (χ3v) is 3.17. The summed E-state index contributed by atoms with van der Waals surface area (Å²) in [4.78, 5) is 0. The molecule has 1 rings (SSSR count). The lowest BCUT2D eigenvalue weighted by Gasteiger charge is -2.19. The van der Waals surface area contributed by atoms with Crippen molar-refractivity contribution in [1.29, 1.82) is 0 Å². The van der Waals surface area contributed by atoms with Crippen molar-refractivity contribution in [3.8, 4) is 0 Å². The number of hydrogen-bond donors (Lipinski definition) is 1. The first-order valence-corrected chi connectivity index (χ1v) is 5.10. The summed E-state index contributed by atoms with van der Waals surface area (Å²) in [7, 11) is 0. The minimum atomic E-state index is 0.438. The number of nitrogens with one attached hydrogen (secondary N) is 1. The van der Waals surface area contributed by atoms with Crippen molar-refractivity contribution in [3.05, 3.63) is 0 Å². The highest BCUT2D eigenvalue weighted by atomic mass is 15.2. The van der Waals surface area contributed by atoms with E-state index in [1.54, 1.807) is 0 Å². The Hall–Kier alpha value is -0.0400. The molecule has 1 heteroatoms. The van der Waals surface area contributed by atoms with Crippen molar-refractivity contribution in [2.24, 2.45) is 17.3 Å². The fourth-order valence-electron chi connectivity index (χ4n) is 1.81. The zero-order chi connectivity index (χ0) is 9.52. The Morgan fingerprint density at radius 3 is 1.83 bits per heavy atom. The van der Waals surface area contributed by atoms with Gasteiger partial charge < -0.3 is 5.32 Å². The molecule has 1 N–H and O–H groups in total. The van der Waals surface area contributed by atoms with Gasteiger partial charge in [0.05, 0.1) is 0 Å². The quantitative estimate of drug-likeness (QED) is 0.631. The first-order valence-electron chi connectivity index (χ1n) is 5.10. The number of hydrogen-bond acceptors (Lipinski definition) is 1. The zero-order valence-corrected chi connectivity index (χ0v) is 9.31. The average molecular weight is 169 g/mol. The summed E-state index contributed by atoms with van der Waals surface area (Å²) in [6.45, 7) is 13.9. The second-order valence-electron chi connectivity index (χ2n) is 5.64. The summed E-state index contributed by atoms with van der Waals surface area (Å²) in [5.41, 5.74) is 0.438. The smallest absolute Gasteiger partial charge is 0.0275 e. The molecule has 0 saturated carbocycles. The Morgan fingerprint density at radius 2 is 1.58 bits per heavy atom. The Bertz CT molecular complexity index is 155. The summed E-state index contributed by atoms with van der Waals surface area (Å²) in [5, 5.41) is 3.59. The standard InChI is InChI=1S/C11H23N/c1-7(2)8(3)9-10(12-9)11(4,5)6/h7-10,12H,1-6H3. The van der Waals surface area contributed by atoms with Crippen LogP contribution in [0.3, 0.4) is 0 Å². The van der Waals surface area contributed by atoms with E-state index in [4.69, 9.17) is 0 Å². The molecule has 0 aromatic carbocycles. The van der Waals surface area contributed by atoms with Crippen LogP contribution in [-0.4, -0.2) is 12.1 Å². The van der Waals surface area contributed by atoms with E-state index in [2.05, 4.69) is 46.9 Å². The van der Waals surface area contributed by atoms with Gasteiger partial charge in [0.2, 0.25) is 0 Å². The van der Waals surface area contributed by atoms with Crippen LogP contribution in [0.5, 0.6) is 0 Å². The van der Waals surface area contributed by atoms with E-state index >= 15 is 0 Å². The van der Waals surface area contributed by atoms with Gasteiger partial charge in [-0.1, -0.05) is 41.5 Å². The van der Waals surface area contributed by atoms with Gasteiger partial charge in [-0.2, -0.15) is 0 Å². The minimum absolute atomic E-state index is 0.438. The van der Waals surface area contributed by atoms with Crippen molar-refractivity contribution >= 4 is 0 Å². The molecule has 12 heavy (non-hydrogen) atoms. The van der Waals surface area contributed by atoms with Gasteiger partial charge in [-0.15, -0.1) is 0 Å². The van der Waals surface area contributed by atoms with Crippen LogP contribution in [-0.2, 0) is 0 Å². The highest BCUT2D eigenvalue weighted by Crippen LogP contribution is 2.36. The van der Waals surface area contributed by atoms with E-state index in [9.17, 15) is 0 Å². The molecule has 1 fully saturated rings. The molecule has 1 aliphatic rings. The molecular formula is C11H23N. The first kappa shape index (κ1) is 10.0. The van der Waals surface area contributed by atoms with Crippen LogP contribution in [0.1, 0.15) is 41.5 Å². The average Bonchev–Trinajstić information content (AvgIpc) is 2.61. The van der Waals surface area contributed by atoms with E-state index in [1.165, 1.54) is 0 Å². The molecule has 0 aromatic rings. The van der Waals surface area contributed by atoms with Gasteiger partial charge in [0, 0.05) is 12.1 Å². The second kappa shape index (κ2) is 3.02. The fraction of sp³-hybridized carbons (Fsp3) is 1.00. The van der Waals surface area contributed by atoms with E-state index in [1.807, 2.05) is 0 Å². The van der Waals surface area contributed by atoms with Gasteiger partial charge in [0.1, 0.15) is 0 Å². The van der Waals surface area contributed by atoms with Crippen molar-refractivity contribution in [1.82, 2.24) is 5.32 Å². The lowest BCUT2D eigenvalue weighted by molar-refractivity contribution is 0.349. The van der Waals surface area contributed by atoms with Crippen molar-refractivity contribution in [2.45, 2.75) is 53.6 Å². The minimum Gasteiger partial charge on any atom is -0.307 e. The molecule has 1 nitrogen and oxygen atoms in total. The van der Waals surface area contributed by atoms with E-state index in [0.717, 1.165) is 23.9 Å². The lowest BCUT2D eigenvalue weighted by atomic mass is 9.84. The van der Waals surface area contributed by atoms with Gasteiger partial charge in [0.25, 0.3) is 0 Å². The van der Waals surface area contributed by atoms with Crippen LogP contribution in [0.2, 0.25) is 0 Å². The normalized spacial score (nSPS) is 32.2. The van der Waals surface area contributed by atoms with E-state index in [0.29, 0.717) is 5.41 Å². The van der Waals surface area contributed by atoms with Crippen LogP contribution in [0.4, 0.5) is 0 Å². The summed E-state index contributed by atoms with van der Waals surface area (Å²) in [5.74, 6) is 1.61. The second-order valence-corrected chi connectivity index (χ2v) is 5.64. The van der Waals surface area contributed by atoms with Crippen LogP contribution in [0.15, 0.2) is 0 Å². The predicted octanol–water partition coefficient (Wildman–Crippen LogP) is 2.67. The van der Waals surface area contributed by atoms with Gasteiger partial charge in [-0.25, -0.2) is 0 Å². The molecule has 72 valence electrons. The van der Waals surface area contributed by atoms with Crippen LogP contribution >= 0.6 is 0 Å². The topological polar surface area (TPSA) is 21.9 Å². The highest BCUT2D eigenvalue weighted by molar-refractivity contribution is 5.07. The van der Waals surface area contributed by atoms with Crippen LogP contribution in [0.25, 0.3) is 0 Å². The number of rotatable bonds is 2. The molecule has 0 amide bonds. The zero-order valence-electron chi connectivity index (χ0n) is 9.31. The molecule has 3 atom stereocenters. The molecule has 0 aromatic heterocycles. The summed E-state index contributed by atoms with van der Waals surface area (Å²) >= 11 is 0. The Labute approximate surface area is 76.9 Å². The molecule has 0 bridgehead atoms. The maximum Gasteiger partial charge on any atom is 0.0275 e. The third kappa shape index (κ3) is 2.01. The van der Waals surface area contributed by atoms with E-state index < -0.39 is 0 Å².